The van der Waals surface area contributed by atoms with Gasteiger partial charge in [-0.1, -0.05) is 29.2 Å². The van der Waals surface area contributed by atoms with Crippen molar-refractivity contribution in [2.45, 2.75) is 19.7 Å². The number of nitro groups is 1. The van der Waals surface area contributed by atoms with E-state index in [4.69, 9.17) is 9.47 Å². The van der Waals surface area contributed by atoms with Crippen LogP contribution >= 0.6 is 0 Å². The average Bonchev–Trinajstić information content (AvgIpc) is 3.37. The molecular weight excluding hydrogens is 392 g/mol. The van der Waals surface area contributed by atoms with Gasteiger partial charge in [0.05, 0.1) is 0 Å². The minimum absolute atomic E-state index is 0.0215. The number of carbonyl (C=O) groups is 1. The predicted molar refractivity (Wildman–Crippen MR) is 104 cm³/mol. The molecule has 152 valence electrons. The van der Waals surface area contributed by atoms with Crippen LogP contribution in [-0.4, -0.2) is 42.7 Å². The first-order valence-electron chi connectivity index (χ1n) is 8.92. The highest BCUT2D eigenvalue weighted by atomic mass is 16.6. The number of carbonyl (C=O) groups excluding carboxylic acids is 1. The second kappa shape index (κ2) is 7.99. The van der Waals surface area contributed by atoms with E-state index in [1.807, 2.05) is 30.3 Å². The standard InChI is InChI=1S/C19H16N6O5/c1-13(26)24-17(11-23-12-20-19(22-23)25(27)28)30-18(21-24)14-6-5-9-16(10-14)29-15-7-3-2-4-8-15/h2-10,12,17H,11H2,1H3/t17-/m1/s1. The second-order valence-electron chi connectivity index (χ2n) is 6.31. The van der Waals surface area contributed by atoms with Crippen molar-refractivity contribution in [3.05, 3.63) is 76.6 Å². The van der Waals surface area contributed by atoms with E-state index in [0.717, 1.165) is 5.01 Å². The highest BCUT2D eigenvalue weighted by Crippen LogP contribution is 2.25. The molecule has 0 bridgehead atoms. The quantitative estimate of drug-likeness (QED) is 0.453. The molecule has 0 N–H and O–H groups in total. The maximum atomic E-state index is 12.0. The number of rotatable bonds is 6. The van der Waals surface area contributed by atoms with Gasteiger partial charge in [0, 0.05) is 17.6 Å². The number of hydrazone groups is 1. The molecule has 0 radical (unpaired) electrons. The van der Waals surface area contributed by atoms with Crippen molar-refractivity contribution in [1.29, 1.82) is 0 Å². The Labute approximate surface area is 170 Å². The highest BCUT2D eigenvalue weighted by Gasteiger charge is 2.33. The summed E-state index contributed by atoms with van der Waals surface area (Å²) in [6, 6.07) is 16.4. The topological polar surface area (TPSA) is 125 Å². The smallest absolute Gasteiger partial charge is 0.457 e. The van der Waals surface area contributed by atoms with E-state index in [1.54, 1.807) is 24.3 Å². The molecule has 1 aliphatic heterocycles. The summed E-state index contributed by atoms with van der Waals surface area (Å²) in [5.74, 6) is 0.605. The van der Waals surface area contributed by atoms with Gasteiger partial charge in [-0.2, -0.15) is 9.69 Å². The van der Waals surface area contributed by atoms with E-state index in [-0.39, 0.29) is 18.3 Å². The van der Waals surface area contributed by atoms with Crippen LogP contribution in [0.25, 0.3) is 0 Å². The van der Waals surface area contributed by atoms with Gasteiger partial charge in [0.25, 0.3) is 0 Å². The van der Waals surface area contributed by atoms with Crippen molar-refractivity contribution in [3.63, 3.8) is 0 Å². The summed E-state index contributed by atoms with van der Waals surface area (Å²) >= 11 is 0. The first kappa shape index (κ1) is 19.1. The van der Waals surface area contributed by atoms with Crippen molar-refractivity contribution >= 4 is 17.8 Å². The van der Waals surface area contributed by atoms with E-state index in [0.29, 0.717) is 17.1 Å². The minimum Gasteiger partial charge on any atom is -0.457 e. The first-order chi connectivity index (χ1) is 14.5. The lowest BCUT2D eigenvalue weighted by Gasteiger charge is -2.17. The van der Waals surface area contributed by atoms with Crippen LogP contribution in [0.3, 0.4) is 0 Å². The van der Waals surface area contributed by atoms with Crippen LogP contribution < -0.4 is 4.74 Å². The van der Waals surface area contributed by atoms with E-state index >= 15 is 0 Å². The number of benzene rings is 2. The predicted octanol–water partition coefficient (Wildman–Crippen LogP) is 2.55. The maximum Gasteiger partial charge on any atom is 0.490 e. The molecule has 0 spiro atoms. The van der Waals surface area contributed by atoms with Gasteiger partial charge < -0.3 is 19.6 Å². The monoisotopic (exact) mass is 408 g/mol. The van der Waals surface area contributed by atoms with Crippen molar-refractivity contribution in [2.75, 3.05) is 0 Å². The molecule has 11 nitrogen and oxygen atoms in total. The molecule has 2 aromatic carbocycles. The zero-order valence-electron chi connectivity index (χ0n) is 15.8. The van der Waals surface area contributed by atoms with Crippen molar-refractivity contribution in [2.24, 2.45) is 5.10 Å². The van der Waals surface area contributed by atoms with Gasteiger partial charge in [-0.25, -0.2) is 0 Å². The number of hydrogen-bond donors (Lipinski definition) is 0. The van der Waals surface area contributed by atoms with E-state index in [9.17, 15) is 14.9 Å². The van der Waals surface area contributed by atoms with Gasteiger partial charge in [-0.3, -0.25) is 4.79 Å². The van der Waals surface area contributed by atoms with Crippen molar-refractivity contribution in [3.8, 4) is 11.5 Å². The Hall–Kier alpha value is -4.28. The summed E-state index contributed by atoms with van der Waals surface area (Å²) < 4.78 is 12.9. The first-order valence-corrected chi connectivity index (χ1v) is 8.92. The minimum atomic E-state index is -0.822. The van der Waals surface area contributed by atoms with E-state index < -0.39 is 17.1 Å². The molecule has 0 fully saturated rings. The third kappa shape index (κ3) is 4.09. The Kier molecular flexibility index (Phi) is 5.08. The summed E-state index contributed by atoms with van der Waals surface area (Å²) in [6.45, 7) is 1.37. The Morgan fingerprint density at radius 1 is 1.20 bits per heavy atom. The molecule has 11 heteroatoms. The summed E-state index contributed by atoms with van der Waals surface area (Å²) in [5, 5.41) is 19.9. The maximum absolute atomic E-state index is 12.0. The highest BCUT2D eigenvalue weighted by molar-refractivity contribution is 5.96. The molecule has 4 rings (SSSR count). The number of amides is 1. The molecular formula is C19H16N6O5. The van der Waals surface area contributed by atoms with E-state index in [2.05, 4.69) is 15.2 Å². The zero-order chi connectivity index (χ0) is 21.1. The van der Waals surface area contributed by atoms with Gasteiger partial charge in [0.1, 0.15) is 18.0 Å². The van der Waals surface area contributed by atoms with Gasteiger partial charge in [-0.15, -0.1) is 5.10 Å². The van der Waals surface area contributed by atoms with Crippen molar-refractivity contribution in [1.82, 2.24) is 19.8 Å². The van der Waals surface area contributed by atoms with Crippen LogP contribution in [0.4, 0.5) is 5.95 Å². The Bertz CT molecular complexity index is 1110. The zero-order valence-corrected chi connectivity index (χ0v) is 15.8. The van der Waals surface area contributed by atoms with Crippen LogP contribution in [0, 0.1) is 10.1 Å². The lowest BCUT2D eigenvalue weighted by molar-refractivity contribution is -0.394. The van der Waals surface area contributed by atoms with Gasteiger partial charge >= 0.3 is 5.95 Å². The Balaban J connectivity index is 1.53. The third-order valence-electron chi connectivity index (χ3n) is 4.13. The number of aromatic nitrogens is 3. The lowest BCUT2D eigenvalue weighted by atomic mass is 10.2. The number of ether oxygens (including phenoxy) is 2. The molecule has 1 aromatic heterocycles. The second-order valence-corrected chi connectivity index (χ2v) is 6.31. The molecule has 0 saturated carbocycles. The summed E-state index contributed by atoms with van der Waals surface area (Å²) in [6.07, 6.45) is 0.379. The van der Waals surface area contributed by atoms with Gasteiger partial charge in [-0.05, 0) is 35.3 Å². The summed E-state index contributed by atoms with van der Waals surface area (Å²) in [4.78, 5) is 25.7. The van der Waals surface area contributed by atoms with Crippen LogP contribution in [0.1, 0.15) is 12.5 Å². The molecule has 1 atom stereocenters. The lowest BCUT2D eigenvalue weighted by Crippen LogP contribution is -2.35. The van der Waals surface area contributed by atoms with Crippen molar-refractivity contribution < 1.29 is 19.2 Å². The molecule has 3 aromatic rings. The number of nitrogens with zero attached hydrogens (tertiary/aromatic N) is 6. The molecule has 30 heavy (non-hydrogen) atoms. The normalized spacial score (nSPS) is 15.4. The third-order valence-corrected chi connectivity index (χ3v) is 4.13. The molecule has 0 saturated heterocycles. The molecule has 1 aliphatic rings. The fraction of sp³-hybridized carbons (Fsp3) is 0.158. The Morgan fingerprint density at radius 2 is 1.97 bits per heavy atom. The molecule has 1 amide bonds. The van der Waals surface area contributed by atoms with Crippen LogP contribution in [0.15, 0.2) is 66.0 Å². The fourth-order valence-corrected chi connectivity index (χ4v) is 2.81. The van der Waals surface area contributed by atoms with Crippen LogP contribution in [-0.2, 0) is 16.1 Å². The average molecular weight is 408 g/mol. The number of para-hydroxylation sites is 1. The SMILES string of the molecule is CC(=O)N1N=C(c2cccc(Oc3ccccc3)c2)O[C@@H]1Cn1cnc([N+](=O)[O-])n1. The van der Waals surface area contributed by atoms with Gasteiger partial charge in [0.15, 0.2) is 0 Å². The molecule has 0 aliphatic carbocycles. The molecule has 2 heterocycles. The van der Waals surface area contributed by atoms with E-state index in [1.165, 1.54) is 17.9 Å². The van der Waals surface area contributed by atoms with Crippen LogP contribution in [0.5, 0.6) is 11.5 Å². The number of hydrogen-bond acceptors (Lipinski definition) is 8. The summed E-state index contributed by atoms with van der Waals surface area (Å²) in [5.41, 5.74) is 0.613. The van der Waals surface area contributed by atoms with Gasteiger partial charge in [0.2, 0.25) is 24.4 Å². The fourth-order valence-electron chi connectivity index (χ4n) is 2.81. The largest absolute Gasteiger partial charge is 0.490 e. The Morgan fingerprint density at radius 3 is 2.67 bits per heavy atom. The molecule has 0 unspecified atom stereocenters. The summed E-state index contributed by atoms with van der Waals surface area (Å²) in [7, 11) is 0. The van der Waals surface area contributed by atoms with Crippen LogP contribution in [0.2, 0.25) is 0 Å².